The highest BCUT2D eigenvalue weighted by atomic mass is 35.5. The minimum atomic E-state index is 0. The molecule has 0 fully saturated rings. The highest BCUT2D eigenvalue weighted by Crippen LogP contribution is 1.96. The number of rotatable bonds is 2. The zero-order valence-electron chi connectivity index (χ0n) is 6.34. The Kier molecular flexibility index (Phi) is 4.77. The molecule has 0 atom stereocenters. The number of aromatic nitrogens is 2. The van der Waals surface area contributed by atoms with Crippen molar-refractivity contribution in [2.45, 2.75) is 0 Å². The number of halogens is 1. The fourth-order valence-electron chi connectivity index (χ4n) is 0.609. The number of hydrazine groups is 1. The average Bonchev–Trinajstić information content (AvgIpc) is 2.07. The van der Waals surface area contributed by atoms with Crippen molar-refractivity contribution < 1.29 is 0 Å². The third-order valence-electron chi connectivity index (χ3n) is 1.07. The van der Waals surface area contributed by atoms with Crippen molar-refractivity contribution in [3.8, 4) is 12.3 Å². The second-order valence-corrected chi connectivity index (χ2v) is 1.88. The van der Waals surface area contributed by atoms with Crippen LogP contribution in [-0.2, 0) is 0 Å². The fraction of sp³-hybridized carbons (Fsp3) is 0.143. The van der Waals surface area contributed by atoms with E-state index in [0.717, 1.165) is 0 Å². The van der Waals surface area contributed by atoms with Gasteiger partial charge in [0.15, 0.2) is 0 Å². The largest absolute Gasteiger partial charge is 0.267 e. The van der Waals surface area contributed by atoms with Crippen LogP contribution in [0.1, 0.15) is 0 Å². The lowest BCUT2D eigenvalue weighted by atomic mass is 10.6. The molecule has 0 saturated carbocycles. The summed E-state index contributed by atoms with van der Waals surface area (Å²) in [5, 5.41) is 1.31. The van der Waals surface area contributed by atoms with Gasteiger partial charge in [0.1, 0.15) is 0 Å². The van der Waals surface area contributed by atoms with Crippen LogP contribution >= 0.6 is 12.4 Å². The van der Waals surface area contributed by atoms with E-state index in [-0.39, 0.29) is 12.4 Å². The number of nitrogens with zero attached hydrogens (tertiary/aromatic N) is 3. The van der Waals surface area contributed by atoms with Gasteiger partial charge in [0.05, 0.1) is 6.54 Å². The first-order chi connectivity index (χ1) is 5.34. The third-order valence-corrected chi connectivity index (χ3v) is 1.07. The molecule has 0 spiro atoms. The maximum absolute atomic E-state index is 5.47. The van der Waals surface area contributed by atoms with E-state index in [9.17, 15) is 0 Å². The summed E-state index contributed by atoms with van der Waals surface area (Å²) in [5.74, 6) is 8.29. The van der Waals surface area contributed by atoms with Crippen LogP contribution < -0.4 is 10.9 Å². The van der Waals surface area contributed by atoms with E-state index in [4.69, 9.17) is 12.3 Å². The molecule has 0 radical (unpaired) electrons. The zero-order chi connectivity index (χ0) is 8.10. The van der Waals surface area contributed by atoms with E-state index >= 15 is 0 Å². The van der Waals surface area contributed by atoms with Gasteiger partial charge in [-0.25, -0.2) is 15.8 Å². The summed E-state index contributed by atoms with van der Waals surface area (Å²) in [7, 11) is 0. The van der Waals surface area contributed by atoms with Gasteiger partial charge in [-0.1, -0.05) is 5.92 Å². The minimum absolute atomic E-state index is 0. The highest BCUT2D eigenvalue weighted by Gasteiger charge is 1.98. The Hall–Kier alpha value is -1.31. The molecule has 1 rings (SSSR count). The molecule has 0 amide bonds. The van der Waals surface area contributed by atoms with Gasteiger partial charge in [-0.05, 0) is 6.07 Å². The van der Waals surface area contributed by atoms with Crippen molar-refractivity contribution in [2.24, 2.45) is 5.84 Å². The predicted molar refractivity (Wildman–Crippen MR) is 49.6 cm³/mol. The van der Waals surface area contributed by atoms with Crippen molar-refractivity contribution in [1.82, 2.24) is 9.97 Å². The topological polar surface area (TPSA) is 55.0 Å². The normalized spacial score (nSPS) is 8.00. The third kappa shape index (κ3) is 2.74. The highest BCUT2D eigenvalue weighted by molar-refractivity contribution is 5.85. The lowest BCUT2D eigenvalue weighted by molar-refractivity contribution is 0.885. The van der Waals surface area contributed by atoms with Crippen molar-refractivity contribution >= 4 is 18.4 Å². The van der Waals surface area contributed by atoms with Crippen molar-refractivity contribution in [1.29, 1.82) is 0 Å². The first-order valence-electron chi connectivity index (χ1n) is 3.07. The Labute approximate surface area is 77.2 Å². The summed E-state index contributed by atoms with van der Waals surface area (Å²) in [4.78, 5) is 7.78. The monoisotopic (exact) mass is 184 g/mol. The summed E-state index contributed by atoms with van der Waals surface area (Å²) >= 11 is 0. The van der Waals surface area contributed by atoms with Gasteiger partial charge in [-0.3, -0.25) is 5.01 Å². The van der Waals surface area contributed by atoms with E-state index in [0.29, 0.717) is 12.5 Å². The van der Waals surface area contributed by atoms with Crippen LogP contribution in [-0.4, -0.2) is 16.5 Å². The van der Waals surface area contributed by atoms with Gasteiger partial charge in [0, 0.05) is 12.4 Å². The van der Waals surface area contributed by atoms with Crippen LogP contribution in [0.15, 0.2) is 18.5 Å². The van der Waals surface area contributed by atoms with E-state index in [1.54, 1.807) is 18.5 Å². The Balaban J connectivity index is 0.00000121. The van der Waals surface area contributed by atoms with Crippen LogP contribution in [0.25, 0.3) is 0 Å². The molecular formula is C7H9ClN4. The second kappa shape index (κ2) is 5.35. The molecule has 5 heteroatoms. The molecule has 0 saturated heterocycles. The SMILES string of the molecule is C#CCN(N)c1ncccn1.Cl. The summed E-state index contributed by atoms with van der Waals surface area (Å²) in [6, 6.07) is 1.72. The second-order valence-electron chi connectivity index (χ2n) is 1.88. The molecule has 0 aliphatic heterocycles. The molecular weight excluding hydrogens is 176 g/mol. The maximum Gasteiger partial charge on any atom is 0.240 e. The average molecular weight is 185 g/mol. The van der Waals surface area contributed by atoms with Crippen molar-refractivity contribution in [2.75, 3.05) is 11.6 Å². The van der Waals surface area contributed by atoms with Crippen LogP contribution in [0.5, 0.6) is 0 Å². The van der Waals surface area contributed by atoms with E-state index in [2.05, 4.69) is 15.9 Å². The first kappa shape index (κ1) is 10.7. The lowest BCUT2D eigenvalue weighted by Gasteiger charge is -2.11. The summed E-state index contributed by atoms with van der Waals surface area (Å²) < 4.78 is 0. The molecule has 64 valence electrons. The molecule has 0 unspecified atom stereocenters. The molecule has 1 aromatic heterocycles. The number of nitrogens with two attached hydrogens (primary N) is 1. The van der Waals surface area contributed by atoms with Gasteiger partial charge in [-0.2, -0.15) is 0 Å². The van der Waals surface area contributed by atoms with E-state index in [1.807, 2.05) is 0 Å². The van der Waals surface area contributed by atoms with Crippen LogP contribution in [0.2, 0.25) is 0 Å². The Morgan fingerprint density at radius 3 is 2.58 bits per heavy atom. The van der Waals surface area contributed by atoms with Crippen molar-refractivity contribution in [3.05, 3.63) is 18.5 Å². The molecule has 0 aliphatic rings. The van der Waals surface area contributed by atoms with Gasteiger partial charge in [-0.15, -0.1) is 18.8 Å². The quantitative estimate of drug-likeness (QED) is 0.406. The first-order valence-corrected chi connectivity index (χ1v) is 3.07. The van der Waals surface area contributed by atoms with Gasteiger partial charge in [0.2, 0.25) is 5.95 Å². The number of terminal acetylenes is 1. The van der Waals surface area contributed by atoms with E-state index < -0.39 is 0 Å². The number of hydrogen-bond acceptors (Lipinski definition) is 4. The molecule has 12 heavy (non-hydrogen) atoms. The summed E-state index contributed by atoms with van der Waals surface area (Å²) in [6.07, 6.45) is 8.26. The van der Waals surface area contributed by atoms with Crippen LogP contribution in [0, 0.1) is 12.3 Å². The molecule has 0 bridgehead atoms. The number of hydrogen-bond donors (Lipinski definition) is 1. The Morgan fingerprint density at radius 1 is 1.50 bits per heavy atom. The van der Waals surface area contributed by atoms with Gasteiger partial charge in [0.25, 0.3) is 0 Å². The molecule has 2 N–H and O–H groups in total. The van der Waals surface area contributed by atoms with Gasteiger partial charge >= 0.3 is 0 Å². The maximum atomic E-state index is 5.47. The molecule has 1 heterocycles. The van der Waals surface area contributed by atoms with Crippen molar-refractivity contribution in [3.63, 3.8) is 0 Å². The van der Waals surface area contributed by atoms with Gasteiger partial charge < -0.3 is 0 Å². The molecule has 1 aromatic rings. The molecule has 0 aromatic carbocycles. The Bertz CT molecular complexity index is 256. The fourth-order valence-corrected chi connectivity index (χ4v) is 0.609. The van der Waals surface area contributed by atoms with E-state index in [1.165, 1.54) is 5.01 Å². The molecule has 0 aliphatic carbocycles. The predicted octanol–water partition coefficient (Wildman–Crippen LogP) is 0.212. The summed E-state index contributed by atoms with van der Waals surface area (Å²) in [5.41, 5.74) is 0. The number of anilines is 1. The Morgan fingerprint density at radius 2 is 2.08 bits per heavy atom. The summed E-state index contributed by atoms with van der Waals surface area (Å²) in [6.45, 7) is 0.310. The molecule has 4 nitrogen and oxygen atoms in total. The minimum Gasteiger partial charge on any atom is -0.267 e. The lowest BCUT2D eigenvalue weighted by Crippen LogP contribution is -2.32. The van der Waals surface area contributed by atoms with Crippen LogP contribution in [0.3, 0.4) is 0 Å². The zero-order valence-corrected chi connectivity index (χ0v) is 7.16. The standard InChI is InChI=1S/C7H8N4.ClH/c1-2-6-11(8)7-9-4-3-5-10-7;/h1,3-5H,6,8H2;1H. The smallest absolute Gasteiger partial charge is 0.240 e. The van der Waals surface area contributed by atoms with Crippen LogP contribution in [0.4, 0.5) is 5.95 Å².